The van der Waals surface area contributed by atoms with E-state index >= 15 is 0 Å². The van der Waals surface area contributed by atoms with E-state index in [0.29, 0.717) is 9.79 Å². The first-order chi connectivity index (χ1) is 10.3. The molecule has 0 saturated carbocycles. The summed E-state index contributed by atoms with van der Waals surface area (Å²) in [6.07, 6.45) is 3.49. The van der Waals surface area contributed by atoms with Crippen LogP contribution in [0, 0.1) is 4.77 Å². The lowest BCUT2D eigenvalue weighted by Gasteiger charge is -2.08. The Morgan fingerprint density at radius 3 is 2.76 bits per heavy atom. The van der Waals surface area contributed by atoms with Gasteiger partial charge in [0.2, 0.25) is 0 Å². The van der Waals surface area contributed by atoms with Gasteiger partial charge in [-0.1, -0.05) is 11.6 Å². The van der Waals surface area contributed by atoms with Gasteiger partial charge in [0, 0.05) is 17.8 Å². The highest BCUT2D eigenvalue weighted by atomic mass is 35.5. The number of nitrogens with zero attached hydrogens (tertiary/aromatic N) is 3. The summed E-state index contributed by atoms with van der Waals surface area (Å²) in [5.74, 6) is 0. The van der Waals surface area contributed by atoms with Gasteiger partial charge < -0.3 is 4.98 Å². The summed E-state index contributed by atoms with van der Waals surface area (Å²) in [4.78, 5) is 12.0. The van der Waals surface area contributed by atoms with Crippen LogP contribution in [0.5, 0.6) is 0 Å². The molecule has 0 spiro atoms. The van der Waals surface area contributed by atoms with Crippen molar-refractivity contribution in [3.05, 3.63) is 58.6 Å². The first-order valence-corrected chi connectivity index (χ1v) is 7.14. The second-order valence-electron chi connectivity index (χ2n) is 4.61. The second-order valence-corrected chi connectivity index (χ2v) is 5.40. The van der Waals surface area contributed by atoms with E-state index in [9.17, 15) is 0 Å². The summed E-state index contributed by atoms with van der Waals surface area (Å²) >= 11 is 11.7. The molecule has 1 aromatic carbocycles. The van der Waals surface area contributed by atoms with Gasteiger partial charge in [0.1, 0.15) is 0 Å². The molecule has 3 heterocycles. The van der Waals surface area contributed by atoms with Crippen LogP contribution in [-0.2, 0) is 0 Å². The SMILES string of the molecule is S=c1[nH]c2cccnc2n1-c1ccc(Cl)c2cccnc12. The highest BCUT2D eigenvalue weighted by Gasteiger charge is 2.12. The predicted octanol–water partition coefficient (Wildman–Crippen LogP) is 4.28. The van der Waals surface area contributed by atoms with E-state index in [0.717, 1.165) is 27.8 Å². The zero-order valence-electron chi connectivity index (χ0n) is 10.7. The zero-order chi connectivity index (χ0) is 14.4. The monoisotopic (exact) mass is 312 g/mol. The van der Waals surface area contributed by atoms with Gasteiger partial charge in [0.05, 0.1) is 21.7 Å². The third-order valence-corrected chi connectivity index (χ3v) is 3.99. The van der Waals surface area contributed by atoms with Crippen molar-refractivity contribution >= 4 is 45.9 Å². The highest BCUT2D eigenvalue weighted by Crippen LogP contribution is 2.29. The molecule has 1 N–H and O–H groups in total. The van der Waals surface area contributed by atoms with Crippen molar-refractivity contribution in [2.45, 2.75) is 0 Å². The third kappa shape index (κ3) is 1.86. The molecule has 102 valence electrons. The molecule has 4 aromatic rings. The Morgan fingerprint density at radius 1 is 1.05 bits per heavy atom. The van der Waals surface area contributed by atoms with Crippen LogP contribution in [0.2, 0.25) is 5.02 Å². The van der Waals surface area contributed by atoms with Crippen molar-refractivity contribution in [2.75, 3.05) is 0 Å². The van der Waals surface area contributed by atoms with Crippen LogP contribution in [0.3, 0.4) is 0 Å². The van der Waals surface area contributed by atoms with Gasteiger partial charge in [0.15, 0.2) is 10.4 Å². The molecule has 0 aliphatic rings. The van der Waals surface area contributed by atoms with E-state index < -0.39 is 0 Å². The standard InChI is InChI=1S/C15H9ClN4S/c16-10-5-6-12(13-9(10)3-1-7-17-13)20-14-11(19-15(20)21)4-2-8-18-14/h1-8H,(H,19,21). The van der Waals surface area contributed by atoms with Crippen molar-refractivity contribution in [3.63, 3.8) is 0 Å². The number of fused-ring (bicyclic) bond motifs is 2. The van der Waals surface area contributed by atoms with Gasteiger partial charge >= 0.3 is 0 Å². The van der Waals surface area contributed by atoms with E-state index in [1.165, 1.54) is 0 Å². The lowest BCUT2D eigenvalue weighted by atomic mass is 10.2. The molecule has 4 rings (SSSR count). The van der Waals surface area contributed by atoms with Crippen molar-refractivity contribution < 1.29 is 0 Å². The predicted molar refractivity (Wildman–Crippen MR) is 86.6 cm³/mol. The number of H-pyrrole nitrogens is 1. The number of aromatic nitrogens is 4. The number of imidazole rings is 1. The summed E-state index contributed by atoms with van der Waals surface area (Å²) < 4.78 is 2.47. The molecule has 4 nitrogen and oxygen atoms in total. The second kappa shape index (κ2) is 4.65. The molecule has 0 bridgehead atoms. The molecule has 0 radical (unpaired) electrons. The largest absolute Gasteiger partial charge is 0.329 e. The molecule has 0 fully saturated rings. The fourth-order valence-electron chi connectivity index (χ4n) is 2.47. The highest BCUT2D eigenvalue weighted by molar-refractivity contribution is 7.71. The van der Waals surface area contributed by atoms with Crippen molar-refractivity contribution in [3.8, 4) is 5.69 Å². The summed E-state index contributed by atoms with van der Waals surface area (Å²) in [5, 5.41) is 1.56. The maximum atomic E-state index is 6.25. The van der Waals surface area contributed by atoms with Crippen molar-refractivity contribution in [1.29, 1.82) is 0 Å². The first kappa shape index (κ1) is 12.5. The van der Waals surface area contributed by atoms with Crippen LogP contribution >= 0.6 is 23.8 Å². The molecule has 3 aromatic heterocycles. The number of benzene rings is 1. The van der Waals surface area contributed by atoms with E-state index in [-0.39, 0.29) is 0 Å². The van der Waals surface area contributed by atoms with Crippen LogP contribution in [-0.4, -0.2) is 19.5 Å². The Balaban J connectivity index is 2.17. The van der Waals surface area contributed by atoms with Gasteiger partial charge in [-0.2, -0.15) is 0 Å². The molecule has 0 aliphatic heterocycles. The van der Waals surface area contributed by atoms with E-state index in [2.05, 4.69) is 15.0 Å². The molecular formula is C15H9ClN4S. The van der Waals surface area contributed by atoms with Crippen molar-refractivity contribution in [2.24, 2.45) is 0 Å². The molecule has 0 atom stereocenters. The van der Waals surface area contributed by atoms with Crippen molar-refractivity contribution in [1.82, 2.24) is 19.5 Å². The maximum Gasteiger partial charge on any atom is 0.184 e. The number of pyridine rings is 2. The average molecular weight is 313 g/mol. The fourth-order valence-corrected chi connectivity index (χ4v) is 2.98. The Hall–Kier alpha value is -2.24. The van der Waals surface area contributed by atoms with E-state index in [1.807, 2.05) is 41.0 Å². The van der Waals surface area contributed by atoms with Gasteiger partial charge in [0.25, 0.3) is 0 Å². The lowest BCUT2D eigenvalue weighted by Crippen LogP contribution is -1.98. The third-order valence-electron chi connectivity index (χ3n) is 3.38. The number of hydrogen-bond acceptors (Lipinski definition) is 3. The van der Waals surface area contributed by atoms with Gasteiger partial charge in [-0.05, 0) is 48.6 Å². The van der Waals surface area contributed by atoms with Gasteiger partial charge in [-0.25, -0.2) is 4.98 Å². The smallest absolute Gasteiger partial charge is 0.184 e. The minimum Gasteiger partial charge on any atom is -0.329 e. The molecule has 0 amide bonds. The lowest BCUT2D eigenvalue weighted by molar-refractivity contribution is 1.05. The summed E-state index contributed by atoms with van der Waals surface area (Å²) in [6.45, 7) is 0. The normalized spacial score (nSPS) is 11.3. The molecule has 0 saturated heterocycles. The Morgan fingerprint density at radius 2 is 1.86 bits per heavy atom. The minimum atomic E-state index is 0.581. The first-order valence-electron chi connectivity index (χ1n) is 6.35. The average Bonchev–Trinajstić information content (AvgIpc) is 2.84. The number of hydrogen-bond donors (Lipinski definition) is 1. The summed E-state index contributed by atoms with van der Waals surface area (Å²) in [5.41, 5.74) is 3.33. The van der Waals surface area contributed by atoms with Crippen LogP contribution < -0.4 is 0 Å². The molecular weight excluding hydrogens is 304 g/mol. The number of halogens is 1. The van der Waals surface area contributed by atoms with Crippen LogP contribution in [0.4, 0.5) is 0 Å². The number of nitrogens with one attached hydrogen (secondary N) is 1. The molecule has 0 aliphatic carbocycles. The Kier molecular flexibility index (Phi) is 2.77. The molecule has 21 heavy (non-hydrogen) atoms. The van der Waals surface area contributed by atoms with Gasteiger partial charge in [-0.15, -0.1) is 0 Å². The maximum absolute atomic E-state index is 6.25. The van der Waals surface area contributed by atoms with E-state index in [4.69, 9.17) is 23.8 Å². The van der Waals surface area contributed by atoms with Crippen LogP contribution in [0.25, 0.3) is 27.8 Å². The minimum absolute atomic E-state index is 0.581. The topological polar surface area (TPSA) is 46.5 Å². The van der Waals surface area contributed by atoms with Crippen LogP contribution in [0.1, 0.15) is 0 Å². The number of aromatic amines is 1. The zero-order valence-corrected chi connectivity index (χ0v) is 12.3. The van der Waals surface area contributed by atoms with Gasteiger partial charge in [-0.3, -0.25) is 9.55 Å². The Labute approximate surface area is 130 Å². The van der Waals surface area contributed by atoms with Crippen LogP contribution in [0.15, 0.2) is 48.8 Å². The fraction of sp³-hybridized carbons (Fsp3) is 0. The van der Waals surface area contributed by atoms with E-state index in [1.54, 1.807) is 12.4 Å². The summed E-state index contributed by atoms with van der Waals surface area (Å²) in [7, 11) is 0. The molecule has 0 unspecified atom stereocenters. The Bertz CT molecular complexity index is 1030. The number of rotatable bonds is 1. The summed E-state index contributed by atoms with van der Waals surface area (Å²) in [6, 6.07) is 11.4. The quantitative estimate of drug-likeness (QED) is 0.533. The molecule has 6 heteroatoms.